The van der Waals surface area contributed by atoms with Gasteiger partial charge in [-0.1, -0.05) is 42.5 Å². The van der Waals surface area contributed by atoms with Crippen LogP contribution in [-0.2, 0) is 6.54 Å². The zero-order valence-electron chi connectivity index (χ0n) is 12.9. The molecule has 1 heterocycles. The van der Waals surface area contributed by atoms with Crippen molar-refractivity contribution < 1.29 is 4.79 Å². The molecule has 2 amide bonds. The first-order chi connectivity index (χ1) is 11.3. The largest absolute Gasteiger partial charge is 0.334 e. The van der Waals surface area contributed by atoms with Gasteiger partial charge in [-0.25, -0.2) is 4.79 Å². The van der Waals surface area contributed by atoms with Gasteiger partial charge in [-0.3, -0.25) is 0 Å². The molecule has 4 nitrogen and oxygen atoms in total. The second-order valence-corrected chi connectivity index (χ2v) is 5.81. The highest BCUT2D eigenvalue weighted by molar-refractivity contribution is 5.74. The van der Waals surface area contributed by atoms with Gasteiger partial charge in [0.2, 0.25) is 0 Å². The Balaban J connectivity index is 1.52. The molecule has 1 aliphatic rings. The molecule has 1 N–H and O–H groups in total. The summed E-state index contributed by atoms with van der Waals surface area (Å²) in [5, 5.41) is 11.7. The molecule has 2 aromatic rings. The van der Waals surface area contributed by atoms with Crippen molar-refractivity contribution in [1.29, 1.82) is 5.26 Å². The minimum Gasteiger partial charge on any atom is -0.334 e. The zero-order chi connectivity index (χ0) is 16.1. The molecule has 0 aromatic heterocycles. The van der Waals surface area contributed by atoms with Crippen LogP contribution in [0, 0.1) is 11.3 Å². The summed E-state index contributed by atoms with van der Waals surface area (Å²) in [6, 6.07) is 19.7. The molecule has 0 spiro atoms. The third kappa shape index (κ3) is 3.70. The molecule has 4 heteroatoms. The van der Waals surface area contributed by atoms with E-state index in [4.69, 9.17) is 5.26 Å². The van der Waals surface area contributed by atoms with Crippen LogP contribution in [0.2, 0.25) is 0 Å². The van der Waals surface area contributed by atoms with E-state index in [1.165, 1.54) is 5.56 Å². The number of likely N-dealkylation sites (tertiary alicyclic amines) is 1. The highest BCUT2D eigenvalue weighted by Gasteiger charge is 2.26. The van der Waals surface area contributed by atoms with Crippen molar-refractivity contribution in [1.82, 2.24) is 10.2 Å². The molecule has 1 aliphatic heterocycles. The average Bonchev–Trinajstić information content (AvgIpc) is 3.11. The first-order valence-corrected chi connectivity index (χ1v) is 7.83. The Morgan fingerprint density at radius 3 is 2.61 bits per heavy atom. The molecular formula is C19H19N3O. The molecule has 0 aliphatic carbocycles. The minimum absolute atomic E-state index is 0.0206. The maximum Gasteiger partial charge on any atom is 0.317 e. The monoisotopic (exact) mass is 305 g/mol. The summed E-state index contributed by atoms with van der Waals surface area (Å²) in [4.78, 5) is 14.2. The summed E-state index contributed by atoms with van der Waals surface area (Å²) in [6.07, 6.45) is 1.01. The molecule has 1 saturated heterocycles. The first-order valence-electron chi connectivity index (χ1n) is 7.83. The van der Waals surface area contributed by atoms with Crippen molar-refractivity contribution in [2.45, 2.75) is 18.9 Å². The standard InChI is InChI=1S/C19H19N3O/c20-12-15-6-8-16(9-7-15)13-21-19(23)22-11-10-18(14-22)17-4-2-1-3-5-17/h1-9,18H,10-11,13-14H2,(H,21,23). The van der Waals surface area contributed by atoms with Gasteiger partial charge in [-0.05, 0) is 29.7 Å². The third-order valence-electron chi connectivity index (χ3n) is 4.27. The van der Waals surface area contributed by atoms with Crippen LogP contribution in [0.25, 0.3) is 0 Å². The van der Waals surface area contributed by atoms with Gasteiger partial charge in [0.15, 0.2) is 0 Å². The Morgan fingerprint density at radius 2 is 1.91 bits per heavy atom. The van der Waals surface area contributed by atoms with Crippen LogP contribution in [-0.4, -0.2) is 24.0 Å². The number of carbonyl (C=O) groups is 1. The number of hydrogen-bond donors (Lipinski definition) is 1. The van der Waals surface area contributed by atoms with E-state index in [0.717, 1.165) is 25.1 Å². The number of amides is 2. The van der Waals surface area contributed by atoms with E-state index in [1.54, 1.807) is 12.1 Å². The molecule has 0 bridgehead atoms. The van der Waals surface area contributed by atoms with E-state index in [9.17, 15) is 4.79 Å². The Kier molecular flexibility index (Phi) is 4.58. The lowest BCUT2D eigenvalue weighted by Gasteiger charge is -2.17. The lowest BCUT2D eigenvalue weighted by molar-refractivity contribution is 0.208. The smallest absolute Gasteiger partial charge is 0.317 e. The molecule has 3 rings (SSSR count). The Bertz CT molecular complexity index is 704. The number of benzene rings is 2. The second-order valence-electron chi connectivity index (χ2n) is 5.81. The number of urea groups is 1. The number of carbonyl (C=O) groups excluding carboxylic acids is 1. The Morgan fingerprint density at radius 1 is 1.17 bits per heavy atom. The zero-order valence-corrected chi connectivity index (χ0v) is 12.9. The highest BCUT2D eigenvalue weighted by Crippen LogP contribution is 2.26. The van der Waals surface area contributed by atoms with Crippen molar-refractivity contribution in [3.05, 3.63) is 71.3 Å². The summed E-state index contributed by atoms with van der Waals surface area (Å²) in [6.45, 7) is 2.04. The van der Waals surface area contributed by atoms with E-state index < -0.39 is 0 Å². The van der Waals surface area contributed by atoms with Gasteiger partial charge in [0.25, 0.3) is 0 Å². The quantitative estimate of drug-likeness (QED) is 0.946. The number of nitriles is 1. The van der Waals surface area contributed by atoms with Gasteiger partial charge >= 0.3 is 6.03 Å². The van der Waals surface area contributed by atoms with E-state index in [1.807, 2.05) is 35.2 Å². The molecule has 1 unspecified atom stereocenters. The fourth-order valence-corrected chi connectivity index (χ4v) is 2.93. The van der Waals surface area contributed by atoms with E-state index in [-0.39, 0.29) is 6.03 Å². The van der Waals surface area contributed by atoms with Gasteiger partial charge in [-0.2, -0.15) is 5.26 Å². The fourth-order valence-electron chi connectivity index (χ4n) is 2.93. The summed E-state index contributed by atoms with van der Waals surface area (Å²) in [5.74, 6) is 0.428. The van der Waals surface area contributed by atoms with Crippen molar-refractivity contribution in [3.63, 3.8) is 0 Å². The summed E-state index contributed by atoms with van der Waals surface area (Å²) < 4.78 is 0. The van der Waals surface area contributed by atoms with Crippen LogP contribution in [0.15, 0.2) is 54.6 Å². The molecule has 1 atom stereocenters. The van der Waals surface area contributed by atoms with Crippen LogP contribution in [0.5, 0.6) is 0 Å². The van der Waals surface area contributed by atoms with Crippen molar-refractivity contribution in [2.24, 2.45) is 0 Å². The SMILES string of the molecule is N#Cc1ccc(CNC(=O)N2CCC(c3ccccc3)C2)cc1. The maximum absolute atomic E-state index is 12.3. The Hall–Kier alpha value is -2.80. The van der Waals surface area contributed by atoms with Crippen molar-refractivity contribution in [3.8, 4) is 6.07 Å². The number of rotatable bonds is 3. The van der Waals surface area contributed by atoms with Gasteiger partial charge in [0.1, 0.15) is 0 Å². The number of nitrogens with one attached hydrogen (secondary N) is 1. The van der Waals surface area contributed by atoms with Crippen LogP contribution >= 0.6 is 0 Å². The summed E-state index contributed by atoms with van der Waals surface area (Å²) >= 11 is 0. The van der Waals surface area contributed by atoms with E-state index >= 15 is 0 Å². The van der Waals surface area contributed by atoms with E-state index in [2.05, 4.69) is 23.5 Å². The molecule has 116 valence electrons. The molecule has 1 fully saturated rings. The predicted molar refractivity (Wildman–Crippen MR) is 88.8 cm³/mol. The topological polar surface area (TPSA) is 56.1 Å². The van der Waals surface area contributed by atoms with Gasteiger partial charge in [-0.15, -0.1) is 0 Å². The highest BCUT2D eigenvalue weighted by atomic mass is 16.2. The lowest BCUT2D eigenvalue weighted by Crippen LogP contribution is -2.37. The molecule has 0 saturated carbocycles. The predicted octanol–water partition coefficient (Wildman–Crippen LogP) is 3.26. The normalized spacial score (nSPS) is 16.8. The van der Waals surface area contributed by atoms with Gasteiger partial charge < -0.3 is 10.2 Å². The molecule has 23 heavy (non-hydrogen) atoms. The summed E-state index contributed by atoms with van der Waals surface area (Å²) in [5.41, 5.74) is 2.93. The van der Waals surface area contributed by atoms with Crippen LogP contribution in [0.3, 0.4) is 0 Å². The van der Waals surface area contributed by atoms with Crippen LogP contribution in [0.4, 0.5) is 4.79 Å². The van der Waals surface area contributed by atoms with Crippen molar-refractivity contribution >= 4 is 6.03 Å². The third-order valence-corrected chi connectivity index (χ3v) is 4.27. The molecular weight excluding hydrogens is 286 g/mol. The number of nitrogens with zero attached hydrogens (tertiary/aromatic N) is 2. The first kappa shape index (κ1) is 15.1. The minimum atomic E-state index is -0.0206. The molecule has 0 radical (unpaired) electrons. The Labute approximate surface area is 136 Å². The van der Waals surface area contributed by atoms with Crippen molar-refractivity contribution in [2.75, 3.05) is 13.1 Å². The van der Waals surface area contributed by atoms with Crippen LogP contribution < -0.4 is 5.32 Å². The van der Waals surface area contributed by atoms with Gasteiger partial charge in [0.05, 0.1) is 11.6 Å². The fraction of sp³-hybridized carbons (Fsp3) is 0.263. The number of hydrogen-bond acceptors (Lipinski definition) is 2. The molecule has 2 aromatic carbocycles. The van der Waals surface area contributed by atoms with Gasteiger partial charge in [0, 0.05) is 25.6 Å². The average molecular weight is 305 g/mol. The van der Waals surface area contributed by atoms with E-state index in [0.29, 0.717) is 18.0 Å². The van der Waals surface area contributed by atoms with Crippen LogP contribution in [0.1, 0.15) is 29.0 Å². The lowest BCUT2D eigenvalue weighted by atomic mass is 9.99. The second kappa shape index (κ2) is 6.97. The summed E-state index contributed by atoms with van der Waals surface area (Å²) in [7, 11) is 0. The maximum atomic E-state index is 12.3.